The Bertz CT molecular complexity index is 405. The molecule has 0 fully saturated rings. The molecule has 1 amide bonds. The molecule has 0 saturated carbocycles. The highest BCUT2D eigenvalue weighted by atomic mass is 35.5. The molecule has 1 aromatic heterocycles. The third kappa shape index (κ3) is 3.40. The van der Waals surface area contributed by atoms with Gasteiger partial charge in [-0.3, -0.25) is 4.79 Å². The SMILES string of the molecule is CCC(CC)(CO)NC(=O)c1cc(C)nc(Cl)n1. The molecule has 0 unspecified atom stereocenters. The highest BCUT2D eigenvalue weighted by Crippen LogP contribution is 2.15. The van der Waals surface area contributed by atoms with Crippen molar-refractivity contribution < 1.29 is 9.90 Å². The topological polar surface area (TPSA) is 75.1 Å². The number of nitrogens with zero attached hydrogens (tertiary/aromatic N) is 2. The summed E-state index contributed by atoms with van der Waals surface area (Å²) in [6, 6.07) is 1.56. The first-order chi connectivity index (χ1) is 8.46. The summed E-state index contributed by atoms with van der Waals surface area (Å²) in [4.78, 5) is 19.9. The number of carbonyl (C=O) groups excluding carboxylic acids is 1. The van der Waals surface area contributed by atoms with E-state index in [-0.39, 0.29) is 23.5 Å². The lowest BCUT2D eigenvalue weighted by Gasteiger charge is -2.30. The Morgan fingerprint density at radius 2 is 2.06 bits per heavy atom. The number of amides is 1. The van der Waals surface area contributed by atoms with Gasteiger partial charge in [0, 0.05) is 5.69 Å². The molecule has 18 heavy (non-hydrogen) atoms. The van der Waals surface area contributed by atoms with Gasteiger partial charge in [-0.1, -0.05) is 13.8 Å². The summed E-state index contributed by atoms with van der Waals surface area (Å²) in [5.41, 5.74) is 0.234. The first-order valence-corrected chi connectivity index (χ1v) is 6.28. The van der Waals surface area contributed by atoms with Crippen LogP contribution in [0.1, 0.15) is 42.9 Å². The molecule has 0 aliphatic carbocycles. The van der Waals surface area contributed by atoms with Gasteiger partial charge in [0.15, 0.2) is 0 Å². The second-order valence-corrected chi connectivity index (χ2v) is 4.60. The van der Waals surface area contributed by atoms with E-state index in [1.807, 2.05) is 13.8 Å². The largest absolute Gasteiger partial charge is 0.394 e. The standard InChI is InChI=1S/C12H18ClN3O2/c1-4-12(5-2,7-17)16-10(18)9-6-8(3)14-11(13)15-9/h6,17H,4-5,7H2,1-3H3,(H,16,18). The van der Waals surface area contributed by atoms with Crippen LogP contribution in [-0.4, -0.2) is 33.1 Å². The summed E-state index contributed by atoms with van der Waals surface area (Å²) in [7, 11) is 0. The van der Waals surface area contributed by atoms with Crippen molar-refractivity contribution in [2.75, 3.05) is 6.61 Å². The fraction of sp³-hybridized carbons (Fsp3) is 0.583. The van der Waals surface area contributed by atoms with Crippen LogP contribution < -0.4 is 5.32 Å². The molecule has 0 aliphatic heterocycles. The predicted molar refractivity (Wildman–Crippen MR) is 69.6 cm³/mol. The van der Waals surface area contributed by atoms with Gasteiger partial charge in [-0.15, -0.1) is 0 Å². The van der Waals surface area contributed by atoms with Crippen molar-refractivity contribution in [2.45, 2.75) is 39.2 Å². The molecule has 0 aromatic carbocycles. The van der Waals surface area contributed by atoms with Crippen LogP contribution in [0, 0.1) is 6.92 Å². The molecule has 0 saturated heterocycles. The van der Waals surface area contributed by atoms with Crippen LogP contribution in [-0.2, 0) is 0 Å². The van der Waals surface area contributed by atoms with E-state index in [4.69, 9.17) is 11.6 Å². The Labute approximate surface area is 112 Å². The van der Waals surface area contributed by atoms with Crippen LogP contribution in [0.5, 0.6) is 0 Å². The summed E-state index contributed by atoms with van der Waals surface area (Å²) in [6.45, 7) is 5.46. The maximum atomic E-state index is 12.1. The quantitative estimate of drug-likeness (QED) is 0.800. The van der Waals surface area contributed by atoms with Gasteiger partial charge in [-0.05, 0) is 37.4 Å². The minimum Gasteiger partial charge on any atom is -0.394 e. The Morgan fingerprint density at radius 3 is 2.50 bits per heavy atom. The number of nitrogens with one attached hydrogen (secondary N) is 1. The number of aryl methyl sites for hydroxylation is 1. The molecule has 1 rings (SSSR count). The van der Waals surface area contributed by atoms with Crippen molar-refractivity contribution in [3.8, 4) is 0 Å². The molecule has 0 atom stereocenters. The third-order valence-corrected chi connectivity index (χ3v) is 3.26. The zero-order valence-electron chi connectivity index (χ0n) is 10.8. The molecule has 0 bridgehead atoms. The molecule has 2 N–H and O–H groups in total. The van der Waals surface area contributed by atoms with E-state index in [2.05, 4.69) is 15.3 Å². The first-order valence-electron chi connectivity index (χ1n) is 5.91. The van der Waals surface area contributed by atoms with Crippen LogP contribution in [0.15, 0.2) is 6.07 Å². The minimum absolute atomic E-state index is 0.0442. The summed E-state index contributed by atoms with van der Waals surface area (Å²) in [5.74, 6) is -0.347. The molecule has 0 aliphatic rings. The average molecular weight is 272 g/mol. The van der Waals surface area contributed by atoms with Crippen LogP contribution in [0.3, 0.4) is 0 Å². The number of carbonyl (C=O) groups is 1. The molecule has 1 aromatic rings. The number of rotatable bonds is 5. The number of aromatic nitrogens is 2. The maximum Gasteiger partial charge on any atom is 0.270 e. The van der Waals surface area contributed by atoms with E-state index in [9.17, 15) is 9.90 Å². The molecular weight excluding hydrogens is 254 g/mol. The van der Waals surface area contributed by atoms with Gasteiger partial charge in [-0.2, -0.15) is 0 Å². The lowest BCUT2D eigenvalue weighted by atomic mass is 9.93. The summed E-state index contributed by atoms with van der Waals surface area (Å²) >= 11 is 5.72. The predicted octanol–water partition coefficient (Wildman–Crippen LogP) is 1.72. The van der Waals surface area contributed by atoms with Crippen molar-refractivity contribution in [3.05, 3.63) is 22.7 Å². The molecule has 0 radical (unpaired) electrons. The molecule has 6 heteroatoms. The summed E-state index contributed by atoms with van der Waals surface area (Å²) < 4.78 is 0. The lowest BCUT2D eigenvalue weighted by Crippen LogP contribution is -2.50. The fourth-order valence-corrected chi connectivity index (χ4v) is 1.87. The van der Waals surface area contributed by atoms with Crippen LogP contribution in [0.25, 0.3) is 0 Å². The van der Waals surface area contributed by atoms with Gasteiger partial charge in [0.05, 0.1) is 12.1 Å². The van der Waals surface area contributed by atoms with Crippen molar-refractivity contribution in [3.63, 3.8) is 0 Å². The first kappa shape index (κ1) is 14.9. The van der Waals surface area contributed by atoms with Gasteiger partial charge >= 0.3 is 0 Å². The smallest absolute Gasteiger partial charge is 0.270 e. The van der Waals surface area contributed by atoms with E-state index >= 15 is 0 Å². The number of hydrogen-bond donors (Lipinski definition) is 2. The fourth-order valence-electron chi connectivity index (χ4n) is 1.64. The Hall–Kier alpha value is -1.20. The van der Waals surface area contributed by atoms with Gasteiger partial charge in [0.2, 0.25) is 5.28 Å². The normalized spacial score (nSPS) is 11.4. The molecule has 0 spiro atoms. The van der Waals surface area contributed by atoms with E-state index in [1.54, 1.807) is 13.0 Å². The van der Waals surface area contributed by atoms with Crippen molar-refractivity contribution in [2.24, 2.45) is 0 Å². The average Bonchev–Trinajstić information content (AvgIpc) is 2.35. The van der Waals surface area contributed by atoms with E-state index in [0.29, 0.717) is 18.5 Å². The number of aliphatic hydroxyl groups excluding tert-OH is 1. The van der Waals surface area contributed by atoms with Crippen molar-refractivity contribution in [1.29, 1.82) is 0 Å². The Balaban J connectivity index is 2.94. The monoisotopic (exact) mass is 271 g/mol. The number of aliphatic hydroxyl groups is 1. The second-order valence-electron chi connectivity index (χ2n) is 4.26. The zero-order chi connectivity index (χ0) is 13.8. The van der Waals surface area contributed by atoms with Crippen molar-refractivity contribution in [1.82, 2.24) is 15.3 Å². The van der Waals surface area contributed by atoms with E-state index < -0.39 is 5.54 Å². The Morgan fingerprint density at radius 1 is 1.44 bits per heavy atom. The van der Waals surface area contributed by atoms with E-state index in [0.717, 1.165) is 0 Å². The van der Waals surface area contributed by atoms with Crippen LogP contribution in [0.4, 0.5) is 0 Å². The maximum absolute atomic E-state index is 12.1. The lowest BCUT2D eigenvalue weighted by molar-refractivity contribution is 0.0812. The molecule has 100 valence electrons. The van der Waals surface area contributed by atoms with Crippen LogP contribution >= 0.6 is 11.6 Å². The van der Waals surface area contributed by atoms with Crippen LogP contribution in [0.2, 0.25) is 5.28 Å². The highest BCUT2D eigenvalue weighted by molar-refractivity contribution is 6.28. The number of hydrogen-bond acceptors (Lipinski definition) is 4. The number of halogens is 1. The van der Waals surface area contributed by atoms with E-state index in [1.165, 1.54) is 0 Å². The van der Waals surface area contributed by atoms with Gasteiger partial charge in [0.25, 0.3) is 5.91 Å². The van der Waals surface area contributed by atoms with Gasteiger partial charge in [-0.25, -0.2) is 9.97 Å². The molecule has 5 nitrogen and oxygen atoms in total. The second kappa shape index (κ2) is 6.11. The van der Waals surface area contributed by atoms with Gasteiger partial charge in [0.1, 0.15) is 5.69 Å². The molecule has 1 heterocycles. The third-order valence-electron chi connectivity index (χ3n) is 3.09. The highest BCUT2D eigenvalue weighted by Gasteiger charge is 2.28. The Kier molecular flexibility index (Phi) is 5.04. The summed E-state index contributed by atoms with van der Waals surface area (Å²) in [5, 5.41) is 12.3. The summed E-state index contributed by atoms with van der Waals surface area (Å²) in [6.07, 6.45) is 1.28. The molecular formula is C12H18ClN3O2. The minimum atomic E-state index is -0.609. The van der Waals surface area contributed by atoms with Gasteiger partial charge < -0.3 is 10.4 Å². The van der Waals surface area contributed by atoms with Crippen molar-refractivity contribution >= 4 is 17.5 Å². The zero-order valence-corrected chi connectivity index (χ0v) is 11.6.